The Kier molecular flexibility index (Phi) is 10.0. The molecule has 7 atom stereocenters. The van der Waals surface area contributed by atoms with E-state index in [1.54, 1.807) is 37.3 Å². The fraction of sp³-hybridized carbons (Fsp3) is 0.515. The zero-order chi connectivity index (χ0) is 35.1. The van der Waals surface area contributed by atoms with E-state index in [0.29, 0.717) is 32.6 Å². The lowest BCUT2D eigenvalue weighted by Gasteiger charge is -2.24. The summed E-state index contributed by atoms with van der Waals surface area (Å²) in [6.07, 6.45) is -3.70. The highest BCUT2D eigenvalue weighted by molar-refractivity contribution is 9.10. The van der Waals surface area contributed by atoms with Crippen molar-refractivity contribution in [3.63, 3.8) is 0 Å². The first-order chi connectivity index (χ1) is 23.3. The minimum atomic E-state index is -1.39. The van der Waals surface area contributed by atoms with Gasteiger partial charge in [-0.15, -0.1) is 0 Å². The molecule has 16 heteroatoms. The number of pyridine rings is 1. The predicted molar refractivity (Wildman–Crippen MR) is 177 cm³/mol. The number of halogens is 2. The van der Waals surface area contributed by atoms with Gasteiger partial charge in [0, 0.05) is 18.7 Å². The van der Waals surface area contributed by atoms with Crippen molar-refractivity contribution in [2.45, 2.75) is 83.3 Å². The van der Waals surface area contributed by atoms with Crippen LogP contribution in [0.1, 0.15) is 43.2 Å². The Morgan fingerprint density at radius 3 is 2.55 bits per heavy atom. The van der Waals surface area contributed by atoms with E-state index >= 15 is 0 Å². The van der Waals surface area contributed by atoms with Crippen LogP contribution in [0.25, 0.3) is 10.9 Å². The Balaban J connectivity index is 1.15. The third kappa shape index (κ3) is 7.18. The minimum Gasteiger partial charge on any atom is -0.485 e. The van der Waals surface area contributed by atoms with Crippen LogP contribution >= 0.6 is 15.9 Å². The van der Waals surface area contributed by atoms with Crippen molar-refractivity contribution in [3.05, 3.63) is 46.2 Å². The molecule has 14 nitrogen and oxygen atoms in total. The first-order valence-corrected chi connectivity index (χ1v) is 16.8. The SMILES string of the molecule is CC(=O)c1nn(CC(=O)N2C[C@H](F)C[C@H]2C(=O)Nc2nc(Br)ccc2C)c2ccc(O[C@@H]3CO[C@H]4[C@@H]3OC[C@H]4OC(=O)[C@@H](N)C(C)C)cc12. The summed E-state index contributed by atoms with van der Waals surface area (Å²) in [7, 11) is 0. The molecule has 3 aromatic rings. The van der Waals surface area contributed by atoms with Crippen LogP contribution in [0.4, 0.5) is 10.2 Å². The molecule has 0 saturated carbocycles. The number of carbonyl (C=O) groups is 4. The summed E-state index contributed by atoms with van der Waals surface area (Å²) < 4.78 is 40.1. The molecule has 3 N–H and O–H groups in total. The first-order valence-electron chi connectivity index (χ1n) is 16.1. The number of Topliss-reactive ketones (excluding diaryl/α,β-unsaturated/α-hetero) is 1. The predicted octanol–water partition coefficient (Wildman–Crippen LogP) is 2.72. The summed E-state index contributed by atoms with van der Waals surface area (Å²) in [6, 6.07) is 6.69. The van der Waals surface area contributed by atoms with E-state index in [1.807, 2.05) is 13.8 Å². The molecular formula is C33H38BrFN6O8. The van der Waals surface area contributed by atoms with Crippen molar-refractivity contribution in [1.29, 1.82) is 0 Å². The molecule has 0 aliphatic carbocycles. The standard InChI is InChI=1S/C33H38BrFN6O8/c1-15(2)27(36)33(45)49-24-14-47-29-23(13-46-30(24)29)48-19-6-7-21-20(10-19)28(17(4)42)39-41(21)12-26(43)40-11-18(35)9-22(40)32(44)38-31-16(3)5-8-25(34)37-31/h5-8,10,15,18,22-24,27,29-30H,9,11-14,36H2,1-4H3,(H,37,38,44)/t18-,22+,23-,24-,27+,29-,30-/m1/s1. The van der Waals surface area contributed by atoms with Crippen molar-refractivity contribution in [1.82, 2.24) is 19.7 Å². The van der Waals surface area contributed by atoms with Crippen molar-refractivity contribution in [3.8, 4) is 5.75 Å². The first kappa shape index (κ1) is 34.9. The molecule has 3 saturated heterocycles. The normalized spacial score (nSPS) is 25.4. The maximum atomic E-state index is 14.6. The van der Waals surface area contributed by atoms with Gasteiger partial charge < -0.3 is 34.9 Å². The number of aromatic nitrogens is 3. The lowest BCUT2D eigenvalue weighted by Crippen LogP contribution is -2.44. The van der Waals surface area contributed by atoms with Gasteiger partial charge in [-0.3, -0.25) is 23.9 Å². The summed E-state index contributed by atoms with van der Waals surface area (Å²) in [6.45, 7) is 6.55. The molecule has 2 aromatic heterocycles. The fourth-order valence-electron chi connectivity index (χ4n) is 6.28. The van der Waals surface area contributed by atoms with Gasteiger partial charge in [-0.25, -0.2) is 9.37 Å². The molecule has 5 heterocycles. The van der Waals surface area contributed by atoms with Crippen molar-refractivity contribution in [2.75, 3.05) is 25.1 Å². The van der Waals surface area contributed by atoms with Crippen LogP contribution < -0.4 is 15.8 Å². The van der Waals surface area contributed by atoms with E-state index in [1.165, 1.54) is 16.5 Å². The number of ether oxygens (including phenoxy) is 4. The van der Waals surface area contributed by atoms with Gasteiger partial charge in [0.1, 0.15) is 58.9 Å². The molecule has 3 aliphatic heterocycles. The molecule has 262 valence electrons. The molecule has 0 unspecified atom stereocenters. The molecule has 1 aromatic carbocycles. The number of ketones is 1. The monoisotopic (exact) mass is 744 g/mol. The summed E-state index contributed by atoms with van der Waals surface area (Å²) in [4.78, 5) is 57.3. The number of amides is 2. The number of fused-ring (bicyclic) bond motifs is 2. The van der Waals surface area contributed by atoms with Gasteiger partial charge >= 0.3 is 5.97 Å². The van der Waals surface area contributed by atoms with E-state index in [4.69, 9.17) is 24.7 Å². The molecule has 0 bridgehead atoms. The smallest absolute Gasteiger partial charge is 0.323 e. The molecule has 3 aliphatic rings. The van der Waals surface area contributed by atoms with Crippen LogP contribution in [0.2, 0.25) is 0 Å². The summed E-state index contributed by atoms with van der Waals surface area (Å²) in [5, 5.41) is 7.58. The quantitative estimate of drug-likeness (QED) is 0.177. The third-order valence-electron chi connectivity index (χ3n) is 9.03. The van der Waals surface area contributed by atoms with Crippen LogP contribution in [0.3, 0.4) is 0 Å². The number of nitrogens with zero attached hydrogens (tertiary/aromatic N) is 4. The van der Waals surface area contributed by atoms with Gasteiger partial charge in [-0.05, 0) is 58.6 Å². The molecule has 0 spiro atoms. The van der Waals surface area contributed by atoms with Gasteiger partial charge in [-0.2, -0.15) is 5.10 Å². The Morgan fingerprint density at radius 2 is 1.84 bits per heavy atom. The lowest BCUT2D eigenvalue weighted by molar-refractivity contribution is -0.156. The summed E-state index contributed by atoms with van der Waals surface area (Å²) in [5.41, 5.74) is 7.24. The molecule has 2 amide bonds. The molecular weight excluding hydrogens is 707 g/mol. The zero-order valence-corrected chi connectivity index (χ0v) is 29.0. The van der Waals surface area contributed by atoms with E-state index in [-0.39, 0.29) is 50.1 Å². The number of rotatable bonds is 10. The number of esters is 1. The second-order valence-electron chi connectivity index (χ2n) is 12.9. The number of hydrogen-bond acceptors (Lipinski definition) is 11. The molecule has 6 rings (SSSR count). The number of likely N-dealkylation sites (tertiary alicyclic amines) is 1. The van der Waals surface area contributed by atoms with Gasteiger partial charge in [0.25, 0.3) is 0 Å². The Bertz CT molecular complexity index is 1790. The number of carbonyl (C=O) groups excluding carboxylic acids is 4. The van der Waals surface area contributed by atoms with Gasteiger partial charge in [0.15, 0.2) is 18.0 Å². The zero-order valence-electron chi connectivity index (χ0n) is 27.4. The van der Waals surface area contributed by atoms with E-state index in [9.17, 15) is 23.6 Å². The van der Waals surface area contributed by atoms with Gasteiger partial charge in [0.2, 0.25) is 11.8 Å². The average Bonchev–Trinajstić information content (AvgIpc) is 3.83. The van der Waals surface area contributed by atoms with E-state index in [2.05, 4.69) is 31.3 Å². The van der Waals surface area contributed by atoms with Gasteiger partial charge in [-0.1, -0.05) is 19.9 Å². The number of anilines is 1. The van der Waals surface area contributed by atoms with Crippen LogP contribution in [0, 0.1) is 12.8 Å². The number of hydrogen-bond donors (Lipinski definition) is 2. The highest BCUT2D eigenvalue weighted by Crippen LogP contribution is 2.33. The van der Waals surface area contributed by atoms with Crippen LogP contribution in [0.15, 0.2) is 34.9 Å². The topological polar surface area (TPSA) is 177 Å². The highest BCUT2D eigenvalue weighted by Gasteiger charge is 2.51. The van der Waals surface area contributed by atoms with Crippen LogP contribution in [-0.2, 0) is 35.1 Å². The van der Waals surface area contributed by atoms with Gasteiger partial charge in [0.05, 0.1) is 25.3 Å². The van der Waals surface area contributed by atoms with Crippen LogP contribution in [0.5, 0.6) is 5.75 Å². The second kappa shape index (κ2) is 14.1. The Labute approximate surface area is 289 Å². The minimum absolute atomic E-state index is 0.0836. The van der Waals surface area contributed by atoms with Crippen molar-refractivity contribution < 1.29 is 42.5 Å². The second-order valence-corrected chi connectivity index (χ2v) is 13.7. The maximum Gasteiger partial charge on any atom is 0.323 e. The van der Waals surface area contributed by atoms with Crippen molar-refractivity contribution >= 4 is 56.2 Å². The number of alkyl halides is 1. The van der Waals surface area contributed by atoms with Crippen LogP contribution in [-0.4, -0.2) is 106 Å². The molecule has 3 fully saturated rings. The number of nitrogens with one attached hydrogen (secondary N) is 1. The molecule has 49 heavy (non-hydrogen) atoms. The number of aryl methyl sites for hydroxylation is 1. The average molecular weight is 746 g/mol. The number of benzene rings is 1. The maximum absolute atomic E-state index is 14.6. The Morgan fingerprint density at radius 1 is 1.12 bits per heavy atom. The summed E-state index contributed by atoms with van der Waals surface area (Å²) >= 11 is 3.28. The number of nitrogens with two attached hydrogens (primary N) is 1. The third-order valence-corrected chi connectivity index (χ3v) is 9.47. The lowest BCUT2D eigenvalue weighted by atomic mass is 10.1. The Hall–Kier alpha value is -3.99. The van der Waals surface area contributed by atoms with E-state index < -0.39 is 60.5 Å². The van der Waals surface area contributed by atoms with E-state index in [0.717, 1.165) is 0 Å². The fourth-order valence-corrected chi connectivity index (χ4v) is 6.59. The molecule has 0 radical (unpaired) electrons. The van der Waals surface area contributed by atoms with Crippen molar-refractivity contribution in [2.24, 2.45) is 11.7 Å². The summed E-state index contributed by atoms with van der Waals surface area (Å²) in [5.74, 6) is -1.29. The highest BCUT2D eigenvalue weighted by atomic mass is 79.9. The largest absolute Gasteiger partial charge is 0.485 e.